The molecule has 0 N–H and O–H groups in total. The predicted molar refractivity (Wildman–Crippen MR) is 214 cm³/mol. The van der Waals surface area contributed by atoms with Crippen molar-refractivity contribution in [2.45, 2.75) is 13.8 Å². The molecule has 0 amide bonds. The van der Waals surface area contributed by atoms with Crippen LogP contribution in [0.1, 0.15) is 33.4 Å². The van der Waals surface area contributed by atoms with Gasteiger partial charge in [0.05, 0.1) is 16.9 Å². The van der Waals surface area contributed by atoms with Crippen LogP contribution in [0.5, 0.6) is 0 Å². The first-order chi connectivity index (χ1) is 24.5. The standard InChI is InChI=1S/C48H38N2/c1-5-6-19-42-33(2)16-12-21-44(42)40-30-39(31-41(32-40)45-22-13-24-47-46(45)23-14-29-49-47)37-27-25-36(26-28-37)35(4)50-48(38-17-8-7-9-18-38)43-20-11-10-15-34(43)3/h5-32H,1,4H2,2-3H3/b19-6-,50-48?. The van der Waals surface area contributed by atoms with E-state index in [0.717, 1.165) is 66.8 Å². The molecule has 7 aromatic rings. The van der Waals surface area contributed by atoms with E-state index in [0.29, 0.717) is 0 Å². The first-order valence-electron chi connectivity index (χ1n) is 16.9. The molecule has 1 aromatic heterocycles. The second-order valence-electron chi connectivity index (χ2n) is 12.5. The maximum Gasteiger partial charge on any atom is 0.0784 e. The zero-order chi connectivity index (χ0) is 34.5. The van der Waals surface area contributed by atoms with Crippen molar-refractivity contribution in [3.63, 3.8) is 0 Å². The van der Waals surface area contributed by atoms with Gasteiger partial charge in [0.15, 0.2) is 0 Å². The van der Waals surface area contributed by atoms with E-state index >= 15 is 0 Å². The van der Waals surface area contributed by atoms with Gasteiger partial charge in [0.2, 0.25) is 0 Å². The van der Waals surface area contributed by atoms with Crippen LogP contribution in [-0.2, 0) is 0 Å². The molecule has 240 valence electrons. The molecule has 0 atom stereocenters. The number of fused-ring (bicyclic) bond motifs is 1. The van der Waals surface area contributed by atoms with E-state index in [1.54, 1.807) is 0 Å². The molecular weight excluding hydrogens is 605 g/mol. The van der Waals surface area contributed by atoms with Gasteiger partial charge in [0.1, 0.15) is 0 Å². The summed E-state index contributed by atoms with van der Waals surface area (Å²) in [5.41, 5.74) is 16.2. The molecule has 0 aliphatic rings. The van der Waals surface area contributed by atoms with Crippen LogP contribution in [0.3, 0.4) is 0 Å². The maximum atomic E-state index is 5.13. The number of pyridine rings is 1. The summed E-state index contributed by atoms with van der Waals surface area (Å²) in [7, 11) is 0. The van der Waals surface area contributed by atoms with Crippen LogP contribution in [0.4, 0.5) is 0 Å². The first kappa shape index (κ1) is 32.2. The Kier molecular flexibility index (Phi) is 9.26. The van der Waals surface area contributed by atoms with Crippen molar-refractivity contribution in [2.75, 3.05) is 0 Å². The van der Waals surface area contributed by atoms with Crippen molar-refractivity contribution in [2.24, 2.45) is 4.99 Å². The molecule has 1 heterocycles. The smallest absolute Gasteiger partial charge is 0.0784 e. The van der Waals surface area contributed by atoms with Crippen LogP contribution >= 0.6 is 0 Å². The Hall–Kier alpha value is -6.38. The zero-order valence-corrected chi connectivity index (χ0v) is 28.5. The highest BCUT2D eigenvalue weighted by molar-refractivity contribution is 6.15. The third-order valence-electron chi connectivity index (χ3n) is 9.17. The van der Waals surface area contributed by atoms with Crippen LogP contribution in [0, 0.1) is 13.8 Å². The van der Waals surface area contributed by atoms with Gasteiger partial charge in [-0.05, 0) is 99.8 Å². The van der Waals surface area contributed by atoms with E-state index in [1.807, 2.05) is 42.6 Å². The Labute approximate surface area is 295 Å². The fourth-order valence-electron chi connectivity index (χ4n) is 6.55. The first-order valence-corrected chi connectivity index (χ1v) is 16.9. The van der Waals surface area contributed by atoms with Crippen LogP contribution in [0.2, 0.25) is 0 Å². The molecule has 50 heavy (non-hydrogen) atoms. The van der Waals surface area contributed by atoms with Crippen LogP contribution in [-0.4, -0.2) is 10.7 Å². The number of allylic oxidation sites excluding steroid dienone is 2. The van der Waals surface area contributed by atoms with Crippen molar-refractivity contribution >= 4 is 28.4 Å². The summed E-state index contributed by atoms with van der Waals surface area (Å²) in [5.74, 6) is 0. The van der Waals surface area contributed by atoms with Crippen LogP contribution in [0.25, 0.3) is 56.1 Å². The Morgan fingerprint density at radius 2 is 1.28 bits per heavy atom. The van der Waals surface area contributed by atoms with Crippen molar-refractivity contribution in [3.05, 3.63) is 210 Å². The highest BCUT2D eigenvalue weighted by Gasteiger charge is 2.14. The fourth-order valence-corrected chi connectivity index (χ4v) is 6.55. The van der Waals surface area contributed by atoms with E-state index < -0.39 is 0 Å². The number of rotatable bonds is 9. The van der Waals surface area contributed by atoms with E-state index in [4.69, 9.17) is 4.99 Å². The minimum Gasteiger partial charge on any atom is -0.256 e. The Balaban J connectivity index is 1.33. The van der Waals surface area contributed by atoms with Gasteiger partial charge in [-0.25, -0.2) is 4.99 Å². The largest absolute Gasteiger partial charge is 0.256 e. The summed E-state index contributed by atoms with van der Waals surface area (Å²) in [5, 5.41) is 1.13. The van der Waals surface area contributed by atoms with E-state index in [2.05, 4.69) is 159 Å². The van der Waals surface area contributed by atoms with Gasteiger partial charge in [-0.3, -0.25) is 4.98 Å². The molecule has 0 saturated heterocycles. The molecule has 0 aliphatic heterocycles. The van der Waals surface area contributed by atoms with Crippen molar-refractivity contribution < 1.29 is 0 Å². The molecule has 0 aliphatic carbocycles. The third-order valence-corrected chi connectivity index (χ3v) is 9.17. The fraction of sp³-hybridized carbons (Fsp3) is 0.0417. The number of aryl methyl sites for hydroxylation is 2. The number of benzene rings is 6. The van der Waals surface area contributed by atoms with Gasteiger partial charge in [-0.2, -0.15) is 0 Å². The lowest BCUT2D eigenvalue weighted by molar-refractivity contribution is 1.41. The average molecular weight is 643 g/mol. The molecule has 7 rings (SSSR count). The quantitative estimate of drug-likeness (QED) is 0.114. The van der Waals surface area contributed by atoms with Gasteiger partial charge in [0, 0.05) is 22.7 Å². The second kappa shape index (κ2) is 14.4. The van der Waals surface area contributed by atoms with Crippen molar-refractivity contribution in [1.82, 2.24) is 4.98 Å². The Morgan fingerprint density at radius 3 is 2.06 bits per heavy atom. The van der Waals surface area contributed by atoms with Crippen LogP contribution < -0.4 is 0 Å². The van der Waals surface area contributed by atoms with E-state index in [9.17, 15) is 0 Å². The summed E-state index contributed by atoms with van der Waals surface area (Å²) < 4.78 is 0. The number of aromatic nitrogens is 1. The zero-order valence-electron chi connectivity index (χ0n) is 28.5. The van der Waals surface area contributed by atoms with Crippen molar-refractivity contribution in [1.29, 1.82) is 0 Å². The second-order valence-corrected chi connectivity index (χ2v) is 12.5. The van der Waals surface area contributed by atoms with E-state index in [1.165, 1.54) is 22.3 Å². The van der Waals surface area contributed by atoms with Crippen molar-refractivity contribution in [3.8, 4) is 33.4 Å². The van der Waals surface area contributed by atoms with Gasteiger partial charge in [0.25, 0.3) is 0 Å². The predicted octanol–water partition coefficient (Wildman–Crippen LogP) is 12.6. The molecule has 2 nitrogen and oxygen atoms in total. The number of hydrogen-bond acceptors (Lipinski definition) is 2. The third kappa shape index (κ3) is 6.65. The molecular formula is C48H38N2. The molecule has 2 heteroatoms. The van der Waals surface area contributed by atoms with Crippen LogP contribution in [0.15, 0.2) is 182 Å². The number of nitrogens with zero attached hydrogens (tertiary/aromatic N) is 2. The molecule has 0 radical (unpaired) electrons. The SMILES string of the molecule is C=C/C=C\c1c(C)cccc1-c1cc(-c2ccc(C(=C)N=C(c3ccccc3)c3ccccc3C)cc2)cc(-c2cccc3ncccc23)c1. The minimum absolute atomic E-state index is 0.717. The molecule has 0 bridgehead atoms. The van der Waals surface area contributed by atoms with Gasteiger partial charge in [-0.1, -0.05) is 147 Å². The summed E-state index contributed by atoms with van der Waals surface area (Å²) in [6.07, 6.45) is 7.82. The van der Waals surface area contributed by atoms with Gasteiger partial charge < -0.3 is 0 Å². The number of aliphatic imine (C=N–C) groups is 1. The maximum absolute atomic E-state index is 5.13. The normalized spacial score (nSPS) is 11.6. The minimum atomic E-state index is 0.717. The summed E-state index contributed by atoms with van der Waals surface area (Å²) >= 11 is 0. The number of hydrogen-bond donors (Lipinski definition) is 0. The highest BCUT2D eigenvalue weighted by Crippen LogP contribution is 2.38. The highest BCUT2D eigenvalue weighted by atomic mass is 14.8. The molecule has 0 fully saturated rings. The van der Waals surface area contributed by atoms with Gasteiger partial charge >= 0.3 is 0 Å². The summed E-state index contributed by atoms with van der Waals surface area (Å²) in [6, 6.07) is 51.2. The molecule has 6 aromatic carbocycles. The topological polar surface area (TPSA) is 25.2 Å². The lowest BCUT2D eigenvalue weighted by Crippen LogP contribution is -2.05. The Morgan fingerprint density at radius 1 is 0.600 bits per heavy atom. The lowest BCUT2D eigenvalue weighted by Gasteiger charge is -2.16. The lowest BCUT2D eigenvalue weighted by atomic mass is 9.89. The van der Waals surface area contributed by atoms with Gasteiger partial charge in [-0.15, -0.1) is 0 Å². The Bertz CT molecular complexity index is 2410. The molecule has 0 spiro atoms. The van der Waals surface area contributed by atoms with E-state index in [-0.39, 0.29) is 0 Å². The summed E-state index contributed by atoms with van der Waals surface area (Å²) in [6.45, 7) is 12.6. The summed E-state index contributed by atoms with van der Waals surface area (Å²) in [4.78, 5) is 9.77. The monoisotopic (exact) mass is 642 g/mol. The molecule has 0 unspecified atom stereocenters. The average Bonchev–Trinajstić information content (AvgIpc) is 3.16. The molecule has 0 saturated carbocycles.